The Balaban J connectivity index is 1.79. The van der Waals surface area contributed by atoms with Gasteiger partial charge in [0.05, 0.1) is 5.41 Å². The molecule has 3 heteroatoms. The van der Waals surface area contributed by atoms with Crippen LogP contribution in [0.1, 0.15) is 25.7 Å². The minimum absolute atomic E-state index is 0.152. The van der Waals surface area contributed by atoms with Crippen molar-refractivity contribution in [3.05, 3.63) is 30.3 Å². The van der Waals surface area contributed by atoms with E-state index in [0.29, 0.717) is 4.83 Å². The molecule has 2 aliphatic rings. The smallest absolute Gasteiger partial charge is 0.231 e. The second-order valence-corrected chi connectivity index (χ2v) is 6.39. The number of hydrogen-bond donors (Lipinski definition) is 1. The average molecular weight is 294 g/mol. The fraction of sp³-hybridized carbons (Fsp3) is 0.500. The van der Waals surface area contributed by atoms with Crippen LogP contribution in [-0.2, 0) is 4.79 Å². The summed E-state index contributed by atoms with van der Waals surface area (Å²) in [5, 5.41) is 3.06. The molecule has 0 aromatic heterocycles. The van der Waals surface area contributed by atoms with Crippen LogP contribution < -0.4 is 5.32 Å². The third-order valence-electron chi connectivity index (χ3n) is 4.28. The van der Waals surface area contributed by atoms with Crippen molar-refractivity contribution < 1.29 is 4.79 Å². The van der Waals surface area contributed by atoms with Crippen molar-refractivity contribution >= 4 is 27.5 Å². The third-order valence-corrected chi connectivity index (χ3v) is 5.53. The highest BCUT2D eigenvalue weighted by molar-refractivity contribution is 9.09. The highest BCUT2D eigenvalue weighted by atomic mass is 79.9. The molecule has 1 N–H and O–H groups in total. The largest absolute Gasteiger partial charge is 0.326 e. The van der Waals surface area contributed by atoms with Gasteiger partial charge in [-0.25, -0.2) is 0 Å². The van der Waals surface area contributed by atoms with Crippen LogP contribution >= 0.6 is 15.9 Å². The lowest BCUT2D eigenvalue weighted by Crippen LogP contribution is -2.39. The zero-order chi connectivity index (χ0) is 11.9. The van der Waals surface area contributed by atoms with E-state index in [1.807, 2.05) is 30.3 Å². The number of carbonyl (C=O) groups excluding carboxylic acids is 1. The van der Waals surface area contributed by atoms with Gasteiger partial charge in [-0.05, 0) is 43.7 Å². The Labute approximate surface area is 110 Å². The van der Waals surface area contributed by atoms with Gasteiger partial charge in [0.15, 0.2) is 0 Å². The molecule has 17 heavy (non-hydrogen) atoms. The second kappa shape index (κ2) is 4.13. The molecule has 1 aromatic rings. The van der Waals surface area contributed by atoms with E-state index >= 15 is 0 Å². The lowest BCUT2D eigenvalue weighted by molar-refractivity contribution is -0.124. The first kappa shape index (κ1) is 11.3. The average Bonchev–Trinajstić information content (AvgIpc) is 2.88. The van der Waals surface area contributed by atoms with E-state index in [0.717, 1.165) is 30.9 Å². The first-order valence-corrected chi connectivity index (χ1v) is 7.13. The summed E-state index contributed by atoms with van der Waals surface area (Å²) in [6, 6.07) is 9.75. The maximum absolute atomic E-state index is 12.5. The van der Waals surface area contributed by atoms with E-state index in [4.69, 9.17) is 0 Å². The number of para-hydroxylation sites is 1. The van der Waals surface area contributed by atoms with Gasteiger partial charge in [0.2, 0.25) is 5.91 Å². The maximum Gasteiger partial charge on any atom is 0.231 e. The standard InChI is InChI=1S/C14H16BrNO/c15-12-8-10-6-7-14(12,9-10)13(17)16-11-4-2-1-3-5-11/h1-5,10,12H,6-9H2,(H,16,17)/t10-,12+,14-/m1/s1. The highest BCUT2D eigenvalue weighted by Crippen LogP contribution is 2.57. The number of carbonyl (C=O) groups is 1. The topological polar surface area (TPSA) is 29.1 Å². The fourth-order valence-electron chi connectivity index (χ4n) is 3.31. The zero-order valence-corrected chi connectivity index (χ0v) is 11.2. The minimum atomic E-state index is -0.152. The van der Waals surface area contributed by atoms with Crippen molar-refractivity contribution in [1.29, 1.82) is 0 Å². The van der Waals surface area contributed by atoms with E-state index in [1.54, 1.807) is 0 Å². The molecule has 2 aliphatic carbocycles. The number of rotatable bonds is 2. The molecule has 2 saturated carbocycles. The van der Waals surface area contributed by atoms with Crippen molar-refractivity contribution in [1.82, 2.24) is 0 Å². The number of anilines is 1. The molecule has 2 bridgehead atoms. The SMILES string of the molecule is O=C(Nc1ccccc1)[C@@]12CC[C@H](C[C@@H]1Br)C2. The number of nitrogens with one attached hydrogen (secondary N) is 1. The van der Waals surface area contributed by atoms with Crippen molar-refractivity contribution in [2.24, 2.45) is 11.3 Å². The Kier molecular flexibility index (Phi) is 2.74. The molecule has 0 heterocycles. The number of fused-ring (bicyclic) bond motifs is 2. The Bertz CT molecular complexity index is 433. The number of hydrogen-bond acceptors (Lipinski definition) is 1. The van der Waals surface area contributed by atoms with E-state index < -0.39 is 0 Å². The Morgan fingerprint density at radius 1 is 1.35 bits per heavy atom. The summed E-state index contributed by atoms with van der Waals surface area (Å²) in [4.78, 5) is 12.8. The van der Waals surface area contributed by atoms with Gasteiger partial charge in [-0.15, -0.1) is 0 Å². The molecule has 0 unspecified atom stereocenters. The first-order valence-electron chi connectivity index (χ1n) is 6.21. The minimum Gasteiger partial charge on any atom is -0.326 e. The van der Waals surface area contributed by atoms with Gasteiger partial charge in [0.25, 0.3) is 0 Å². The van der Waals surface area contributed by atoms with Gasteiger partial charge >= 0.3 is 0 Å². The summed E-state index contributed by atoms with van der Waals surface area (Å²) in [6.07, 6.45) is 4.46. The predicted octanol–water partition coefficient (Wildman–Crippen LogP) is 3.58. The molecule has 1 aromatic carbocycles. The number of alkyl halides is 1. The Morgan fingerprint density at radius 3 is 2.71 bits per heavy atom. The molecule has 0 spiro atoms. The second-order valence-electron chi connectivity index (χ2n) is 5.29. The molecule has 3 rings (SSSR count). The van der Waals surface area contributed by atoms with E-state index in [9.17, 15) is 4.79 Å². The zero-order valence-electron chi connectivity index (χ0n) is 9.66. The normalized spacial score (nSPS) is 34.9. The van der Waals surface area contributed by atoms with Gasteiger partial charge in [-0.2, -0.15) is 0 Å². The van der Waals surface area contributed by atoms with E-state index in [1.165, 1.54) is 6.42 Å². The van der Waals surface area contributed by atoms with Crippen LogP contribution in [-0.4, -0.2) is 10.7 Å². The first-order chi connectivity index (χ1) is 8.21. The molecule has 3 atom stereocenters. The Morgan fingerprint density at radius 2 is 2.12 bits per heavy atom. The van der Waals surface area contributed by atoms with Gasteiger partial charge in [0, 0.05) is 10.5 Å². The van der Waals surface area contributed by atoms with Crippen LogP contribution in [0.4, 0.5) is 5.69 Å². The van der Waals surface area contributed by atoms with Crippen molar-refractivity contribution in [2.75, 3.05) is 5.32 Å². The van der Waals surface area contributed by atoms with E-state index in [2.05, 4.69) is 21.2 Å². The summed E-state index contributed by atoms with van der Waals surface area (Å²) < 4.78 is 0. The molecule has 0 radical (unpaired) electrons. The quantitative estimate of drug-likeness (QED) is 0.830. The van der Waals surface area contributed by atoms with Crippen LogP contribution in [0.2, 0.25) is 0 Å². The molecule has 0 aliphatic heterocycles. The van der Waals surface area contributed by atoms with Gasteiger partial charge < -0.3 is 5.32 Å². The number of amides is 1. The predicted molar refractivity (Wildman–Crippen MR) is 72.2 cm³/mol. The van der Waals surface area contributed by atoms with Crippen molar-refractivity contribution in [2.45, 2.75) is 30.5 Å². The summed E-state index contributed by atoms with van der Waals surface area (Å²) in [5.74, 6) is 0.950. The highest BCUT2D eigenvalue weighted by Gasteiger charge is 2.55. The Hall–Kier alpha value is -0.830. The molecule has 1 amide bonds. The van der Waals surface area contributed by atoms with Crippen molar-refractivity contribution in [3.8, 4) is 0 Å². The summed E-state index contributed by atoms with van der Waals surface area (Å²) >= 11 is 3.71. The third kappa shape index (κ3) is 1.81. The molecule has 90 valence electrons. The molecular formula is C14H16BrNO. The summed E-state index contributed by atoms with van der Waals surface area (Å²) in [6.45, 7) is 0. The summed E-state index contributed by atoms with van der Waals surface area (Å²) in [7, 11) is 0. The number of benzene rings is 1. The molecule has 2 nitrogen and oxygen atoms in total. The lowest BCUT2D eigenvalue weighted by Gasteiger charge is -2.30. The van der Waals surface area contributed by atoms with Crippen LogP contribution in [0.3, 0.4) is 0 Å². The van der Waals surface area contributed by atoms with Gasteiger partial charge in [0.1, 0.15) is 0 Å². The van der Waals surface area contributed by atoms with Crippen LogP contribution in [0.25, 0.3) is 0 Å². The molecular weight excluding hydrogens is 278 g/mol. The molecule has 2 fully saturated rings. The van der Waals surface area contributed by atoms with Crippen LogP contribution in [0.15, 0.2) is 30.3 Å². The van der Waals surface area contributed by atoms with Crippen LogP contribution in [0.5, 0.6) is 0 Å². The van der Waals surface area contributed by atoms with E-state index in [-0.39, 0.29) is 11.3 Å². The lowest BCUT2D eigenvalue weighted by atomic mass is 9.83. The monoisotopic (exact) mass is 293 g/mol. The number of halogens is 1. The summed E-state index contributed by atoms with van der Waals surface area (Å²) in [5.41, 5.74) is 0.752. The fourth-order valence-corrected chi connectivity index (χ4v) is 4.46. The van der Waals surface area contributed by atoms with Gasteiger partial charge in [-0.3, -0.25) is 4.79 Å². The maximum atomic E-state index is 12.5. The van der Waals surface area contributed by atoms with Gasteiger partial charge in [-0.1, -0.05) is 34.1 Å². The van der Waals surface area contributed by atoms with Crippen LogP contribution in [0, 0.1) is 11.3 Å². The van der Waals surface area contributed by atoms with Crippen molar-refractivity contribution in [3.63, 3.8) is 0 Å². The molecule has 0 saturated heterocycles.